The first-order valence-corrected chi connectivity index (χ1v) is 26.9. The summed E-state index contributed by atoms with van der Waals surface area (Å²) in [5.74, 6) is -7.66. The van der Waals surface area contributed by atoms with E-state index in [0.717, 1.165) is 0 Å². The van der Waals surface area contributed by atoms with Gasteiger partial charge in [0.15, 0.2) is 0 Å². The molecular weight excluding hydrogens is 1040 g/mol. The Labute approximate surface area is 449 Å². The van der Waals surface area contributed by atoms with Gasteiger partial charge in [0.25, 0.3) is 0 Å². The van der Waals surface area contributed by atoms with E-state index in [1.54, 1.807) is 109 Å². The third kappa shape index (κ3) is 21.1. The SMILES string of the molecule is CSCC[C@H](NC(=O)[C@H](Cc1ccc(OS(=O)(=O)O)cc1)NC(=O)OC(C)(C)C)C(=O)NCC(=O)N[C@@H](Cc1c[nH]c2ccccc12)C(=O)N[C@H](C(=O)N[C@@H](CC(=O)O)C(=O)N[C@@H](Cc1ccccc1)C(N)=O)C(C)(C)C. The minimum atomic E-state index is -4.83. The molecule has 0 saturated heterocycles. The fraction of sp³-hybridized carbons (Fsp3) is 0.431. The van der Waals surface area contributed by atoms with E-state index in [1.165, 1.54) is 36.0 Å². The lowest BCUT2D eigenvalue weighted by atomic mass is 9.85. The predicted molar refractivity (Wildman–Crippen MR) is 284 cm³/mol. The van der Waals surface area contributed by atoms with Crippen molar-refractivity contribution < 1.29 is 70.1 Å². The number of aromatic nitrogens is 1. The summed E-state index contributed by atoms with van der Waals surface area (Å²) in [6.45, 7) is 8.90. The van der Waals surface area contributed by atoms with Crippen LogP contribution in [0.1, 0.15) is 71.1 Å². The summed E-state index contributed by atoms with van der Waals surface area (Å²) in [5, 5.41) is 28.2. The van der Waals surface area contributed by atoms with Crippen molar-refractivity contribution in [2.24, 2.45) is 11.1 Å². The fourth-order valence-electron chi connectivity index (χ4n) is 7.64. The predicted octanol–water partition coefficient (Wildman–Crippen LogP) is 1.57. The Morgan fingerprint density at radius 3 is 1.82 bits per heavy atom. The van der Waals surface area contributed by atoms with Crippen LogP contribution in [0.25, 0.3) is 10.9 Å². The number of rotatable bonds is 27. The number of carbonyl (C=O) groups excluding carboxylic acids is 8. The minimum Gasteiger partial charge on any atom is -0.481 e. The second kappa shape index (κ2) is 27.9. The van der Waals surface area contributed by atoms with Crippen LogP contribution in [-0.2, 0) is 72.8 Å². The molecule has 0 saturated carbocycles. The first-order chi connectivity index (χ1) is 36.0. The van der Waals surface area contributed by atoms with Crippen LogP contribution in [0.3, 0.4) is 0 Å². The highest BCUT2D eigenvalue weighted by Gasteiger charge is 2.38. The quantitative estimate of drug-likeness (QED) is 0.0378. The Bertz CT molecular complexity index is 2850. The average Bonchev–Trinajstić information content (AvgIpc) is 3.74. The molecule has 0 aliphatic rings. The van der Waals surface area contributed by atoms with Gasteiger partial charge < -0.3 is 62.0 Å². The molecule has 26 heteroatoms. The summed E-state index contributed by atoms with van der Waals surface area (Å²) in [6.07, 6.45) is 1.19. The number of nitrogens with one attached hydrogen (secondary N) is 8. The smallest absolute Gasteiger partial charge is 0.446 e. The number of benzene rings is 3. The van der Waals surface area contributed by atoms with Gasteiger partial charge in [-0.2, -0.15) is 20.2 Å². The number of nitrogens with two attached hydrogens (primary N) is 1. The summed E-state index contributed by atoms with van der Waals surface area (Å²) >= 11 is 1.35. The standard InChI is InChI=1S/C51H67N9O15S2/c1-50(2,3)42(48(69)58-39(26-41(62)63)46(67)57-36(43(52)64)23-29-13-9-8-10-14-29)60-47(68)38(25-31-27-53-34-16-12-11-15-33(31)34)55-40(61)28-54-44(65)35(21-22-76-7)56-45(66)37(59-49(70)74-51(4,5)6)24-30-17-19-32(20-18-30)75-77(71,72)73/h8-20,27,35-39,42,53H,21-26,28H2,1-7H3,(H2,52,64)(H,54,65)(H,55,61)(H,56,66)(H,57,67)(H,58,69)(H,59,70)(H,60,68)(H,62,63)(H,71,72,73)/t35-,36-,37-,38-,39-,42+/m0/s1. The highest BCUT2D eigenvalue weighted by atomic mass is 32.3. The number of aromatic amines is 1. The van der Waals surface area contributed by atoms with Crippen molar-refractivity contribution in [1.29, 1.82) is 0 Å². The van der Waals surface area contributed by atoms with Crippen molar-refractivity contribution in [2.75, 3.05) is 18.6 Å². The summed E-state index contributed by atoms with van der Waals surface area (Å²) in [7, 11) is -4.83. The van der Waals surface area contributed by atoms with Gasteiger partial charge in [0.2, 0.25) is 41.4 Å². The molecule has 3 aromatic carbocycles. The third-order valence-electron chi connectivity index (χ3n) is 11.4. The molecule has 0 radical (unpaired) electrons. The van der Waals surface area contributed by atoms with E-state index in [0.29, 0.717) is 33.3 Å². The number of amides is 8. The van der Waals surface area contributed by atoms with E-state index in [9.17, 15) is 56.7 Å². The van der Waals surface area contributed by atoms with Gasteiger partial charge in [0, 0.05) is 36.4 Å². The Kier molecular flexibility index (Phi) is 22.4. The first kappa shape index (κ1) is 61.8. The summed E-state index contributed by atoms with van der Waals surface area (Å²) in [6, 6.07) is 12.3. The Balaban J connectivity index is 1.54. The molecule has 0 fully saturated rings. The van der Waals surface area contributed by atoms with Gasteiger partial charge in [-0.1, -0.05) is 81.4 Å². The molecule has 4 aromatic rings. The number of hydrogen-bond acceptors (Lipinski definition) is 14. The van der Waals surface area contributed by atoms with Crippen LogP contribution in [0.4, 0.5) is 4.79 Å². The number of carbonyl (C=O) groups is 9. The van der Waals surface area contributed by atoms with Gasteiger partial charge in [-0.25, -0.2) is 4.79 Å². The highest BCUT2D eigenvalue weighted by Crippen LogP contribution is 2.23. The summed E-state index contributed by atoms with van der Waals surface area (Å²) in [4.78, 5) is 124. The van der Waals surface area contributed by atoms with Crippen LogP contribution in [0.5, 0.6) is 5.75 Å². The molecule has 0 bridgehead atoms. The second-order valence-corrected chi connectivity index (χ2v) is 21.9. The number of ether oxygens (including phenoxy) is 1. The van der Waals surface area contributed by atoms with Gasteiger partial charge >= 0.3 is 22.5 Å². The van der Waals surface area contributed by atoms with Crippen molar-refractivity contribution >= 4 is 86.5 Å². The van der Waals surface area contributed by atoms with Crippen LogP contribution in [0, 0.1) is 5.41 Å². The number of primary amides is 1. The number of para-hydroxylation sites is 1. The molecule has 0 aliphatic carbocycles. The lowest BCUT2D eigenvalue weighted by Gasteiger charge is -2.33. The van der Waals surface area contributed by atoms with Gasteiger partial charge in [-0.3, -0.25) is 42.9 Å². The molecule has 1 heterocycles. The molecule has 4 rings (SSSR count). The van der Waals surface area contributed by atoms with Gasteiger partial charge in [0.1, 0.15) is 47.6 Å². The summed E-state index contributed by atoms with van der Waals surface area (Å²) in [5.41, 5.74) is 5.83. The van der Waals surface area contributed by atoms with Crippen LogP contribution in [0.15, 0.2) is 85.1 Å². The van der Waals surface area contributed by atoms with Crippen LogP contribution in [-0.4, -0.2) is 137 Å². The zero-order valence-corrected chi connectivity index (χ0v) is 45.2. The zero-order valence-electron chi connectivity index (χ0n) is 43.6. The largest absolute Gasteiger partial charge is 0.481 e. The molecule has 418 valence electrons. The Morgan fingerprint density at radius 1 is 0.662 bits per heavy atom. The maximum Gasteiger partial charge on any atom is 0.446 e. The number of carboxylic acids is 1. The molecule has 6 atom stereocenters. The van der Waals surface area contributed by atoms with Crippen LogP contribution in [0.2, 0.25) is 0 Å². The van der Waals surface area contributed by atoms with Crippen molar-refractivity contribution in [3.8, 4) is 5.75 Å². The van der Waals surface area contributed by atoms with E-state index < -0.39 is 124 Å². The van der Waals surface area contributed by atoms with Gasteiger partial charge in [-0.05, 0) is 79.5 Å². The molecule has 77 heavy (non-hydrogen) atoms. The number of H-pyrrole nitrogens is 1. The maximum absolute atomic E-state index is 14.4. The molecule has 1 aromatic heterocycles. The van der Waals surface area contributed by atoms with Gasteiger partial charge in [-0.15, -0.1) is 0 Å². The zero-order chi connectivity index (χ0) is 57.3. The van der Waals surface area contributed by atoms with Crippen molar-refractivity contribution in [2.45, 2.75) is 115 Å². The summed E-state index contributed by atoms with van der Waals surface area (Å²) < 4.78 is 41.3. The van der Waals surface area contributed by atoms with Crippen LogP contribution >= 0.6 is 11.8 Å². The number of alkyl carbamates (subject to hydrolysis) is 1. The minimum absolute atomic E-state index is 0.0319. The number of thioether (sulfide) groups is 1. The van der Waals surface area contributed by atoms with Crippen molar-refractivity contribution in [1.82, 2.24) is 42.2 Å². The lowest BCUT2D eigenvalue weighted by Crippen LogP contribution is -2.62. The van der Waals surface area contributed by atoms with Crippen molar-refractivity contribution in [3.63, 3.8) is 0 Å². The molecule has 12 N–H and O–H groups in total. The van der Waals surface area contributed by atoms with E-state index in [2.05, 4.69) is 46.4 Å². The highest BCUT2D eigenvalue weighted by molar-refractivity contribution is 7.98. The molecule has 8 amide bonds. The van der Waals surface area contributed by atoms with Crippen LogP contribution < -0.4 is 47.1 Å². The fourth-order valence-corrected chi connectivity index (χ4v) is 8.47. The Morgan fingerprint density at radius 2 is 1.22 bits per heavy atom. The van der Waals surface area contributed by atoms with Gasteiger partial charge in [0.05, 0.1) is 13.0 Å². The molecule has 0 unspecified atom stereocenters. The number of hydrogen-bond donors (Lipinski definition) is 11. The molecule has 0 aliphatic heterocycles. The molecule has 0 spiro atoms. The topological polar surface area (TPSA) is 373 Å². The van der Waals surface area contributed by atoms with E-state index in [-0.39, 0.29) is 31.4 Å². The lowest BCUT2D eigenvalue weighted by molar-refractivity contribution is -0.142. The third-order valence-corrected chi connectivity index (χ3v) is 12.4. The first-order valence-electron chi connectivity index (χ1n) is 24.1. The number of carboxylic acid groups (broad SMARTS) is 1. The monoisotopic (exact) mass is 1110 g/mol. The van der Waals surface area contributed by atoms with E-state index >= 15 is 0 Å². The number of aliphatic carboxylic acids is 1. The number of fused-ring (bicyclic) bond motifs is 1. The normalized spacial score (nSPS) is 14.0. The molecular formula is C51H67N9O15S2. The average molecular weight is 1110 g/mol. The van der Waals surface area contributed by atoms with Crippen molar-refractivity contribution in [3.05, 3.63) is 102 Å². The maximum atomic E-state index is 14.4. The Hall–Kier alpha value is -7.71. The van der Waals surface area contributed by atoms with E-state index in [1.807, 2.05) is 0 Å². The molecule has 24 nitrogen and oxygen atoms in total. The van der Waals surface area contributed by atoms with E-state index in [4.69, 9.17) is 15.0 Å². The second-order valence-electron chi connectivity index (χ2n) is 19.9.